The lowest BCUT2D eigenvalue weighted by Gasteiger charge is -2.35. The van der Waals surface area contributed by atoms with Gasteiger partial charge in [0.2, 0.25) is 15.9 Å². The molecule has 1 atom stereocenters. The Labute approximate surface area is 184 Å². The number of thiazole rings is 1. The fourth-order valence-corrected chi connectivity index (χ4v) is 5.83. The summed E-state index contributed by atoms with van der Waals surface area (Å²) in [5.41, 5.74) is 1.79. The fraction of sp³-hybridized carbons (Fsp3) is 0.238. The second-order valence-corrected chi connectivity index (χ2v) is 9.64. The van der Waals surface area contributed by atoms with Crippen molar-refractivity contribution in [1.82, 2.24) is 9.29 Å². The van der Waals surface area contributed by atoms with Gasteiger partial charge in [0, 0.05) is 24.2 Å². The molecule has 0 saturated heterocycles. The number of rotatable bonds is 6. The number of methoxy groups -OCH3 is 2. The highest BCUT2D eigenvalue weighted by molar-refractivity contribution is 7.89. The molecule has 1 aliphatic rings. The van der Waals surface area contributed by atoms with Gasteiger partial charge < -0.3 is 14.8 Å². The van der Waals surface area contributed by atoms with Gasteiger partial charge in [-0.1, -0.05) is 24.3 Å². The topological polar surface area (TPSA) is 97.8 Å². The molecular weight excluding hydrogens is 438 g/mol. The highest BCUT2D eigenvalue weighted by atomic mass is 32.2. The van der Waals surface area contributed by atoms with E-state index in [-0.39, 0.29) is 23.6 Å². The van der Waals surface area contributed by atoms with Gasteiger partial charge in [-0.05, 0) is 29.7 Å². The van der Waals surface area contributed by atoms with Gasteiger partial charge in [0.05, 0.1) is 14.2 Å². The minimum absolute atomic E-state index is 0.0548. The summed E-state index contributed by atoms with van der Waals surface area (Å²) in [5, 5.41) is 4.89. The zero-order valence-electron chi connectivity index (χ0n) is 16.9. The summed E-state index contributed by atoms with van der Waals surface area (Å²) in [5.74, 6) is 0.120. The number of ether oxygens (including phenoxy) is 2. The van der Waals surface area contributed by atoms with Crippen LogP contribution in [0.5, 0.6) is 11.5 Å². The number of hydrogen-bond donors (Lipinski definition) is 1. The number of benzene rings is 2. The number of anilines is 1. The molecule has 162 valence electrons. The highest BCUT2D eigenvalue weighted by Gasteiger charge is 2.41. The smallest absolute Gasteiger partial charge is 0.247 e. The molecule has 31 heavy (non-hydrogen) atoms. The number of amides is 1. The maximum absolute atomic E-state index is 13.8. The third kappa shape index (κ3) is 4.14. The first-order valence-corrected chi connectivity index (χ1v) is 11.8. The van der Waals surface area contributed by atoms with E-state index in [1.807, 2.05) is 24.3 Å². The van der Waals surface area contributed by atoms with Crippen LogP contribution in [0.4, 0.5) is 5.13 Å². The van der Waals surface area contributed by atoms with Crippen molar-refractivity contribution >= 4 is 32.4 Å². The van der Waals surface area contributed by atoms with E-state index in [2.05, 4.69) is 10.3 Å². The van der Waals surface area contributed by atoms with Crippen molar-refractivity contribution in [1.29, 1.82) is 0 Å². The van der Waals surface area contributed by atoms with E-state index in [1.165, 1.54) is 42.0 Å². The van der Waals surface area contributed by atoms with Gasteiger partial charge in [-0.15, -0.1) is 11.3 Å². The lowest BCUT2D eigenvalue weighted by atomic mass is 9.95. The average Bonchev–Trinajstić information content (AvgIpc) is 3.30. The summed E-state index contributed by atoms with van der Waals surface area (Å²) >= 11 is 1.27. The second-order valence-electron chi connectivity index (χ2n) is 6.88. The van der Waals surface area contributed by atoms with Crippen LogP contribution in [0.1, 0.15) is 11.1 Å². The van der Waals surface area contributed by atoms with Crippen LogP contribution >= 0.6 is 11.3 Å². The molecule has 1 aliphatic heterocycles. The molecule has 0 unspecified atom stereocenters. The number of carbonyl (C=O) groups excluding carboxylic acids is 1. The van der Waals surface area contributed by atoms with Gasteiger partial charge in [0.15, 0.2) is 5.13 Å². The summed E-state index contributed by atoms with van der Waals surface area (Å²) in [7, 11) is -1.24. The lowest BCUT2D eigenvalue weighted by molar-refractivity contribution is -0.120. The normalized spacial score (nSPS) is 16.4. The van der Waals surface area contributed by atoms with E-state index >= 15 is 0 Å². The molecular formula is C21H21N3O5S2. The molecule has 2 aromatic carbocycles. The van der Waals surface area contributed by atoms with E-state index in [0.29, 0.717) is 10.9 Å². The Bertz CT molecular complexity index is 1200. The van der Waals surface area contributed by atoms with Gasteiger partial charge in [0.25, 0.3) is 0 Å². The molecule has 0 radical (unpaired) electrons. The van der Waals surface area contributed by atoms with Crippen LogP contribution in [0.2, 0.25) is 0 Å². The minimum Gasteiger partial charge on any atom is -0.497 e. The van der Waals surface area contributed by atoms with Crippen LogP contribution in [0.25, 0.3) is 0 Å². The van der Waals surface area contributed by atoms with E-state index in [1.54, 1.807) is 17.6 Å². The van der Waals surface area contributed by atoms with Crippen LogP contribution in [0.3, 0.4) is 0 Å². The Morgan fingerprint density at radius 1 is 1.16 bits per heavy atom. The molecule has 0 aliphatic carbocycles. The Kier molecular flexibility index (Phi) is 5.94. The molecule has 8 nitrogen and oxygen atoms in total. The van der Waals surface area contributed by atoms with Crippen LogP contribution < -0.4 is 14.8 Å². The first kappa shape index (κ1) is 21.3. The van der Waals surface area contributed by atoms with Crippen molar-refractivity contribution < 1.29 is 22.7 Å². The van der Waals surface area contributed by atoms with Gasteiger partial charge in [-0.3, -0.25) is 4.79 Å². The minimum atomic E-state index is -4.10. The third-order valence-corrected chi connectivity index (χ3v) is 7.69. The quantitative estimate of drug-likeness (QED) is 0.609. The SMILES string of the molecule is COc1ccc(OC)c(S(=O)(=O)N2Cc3ccccc3C[C@@H]2C(=O)Nc2nccs2)c1. The van der Waals surface area contributed by atoms with Gasteiger partial charge in [0.1, 0.15) is 22.4 Å². The van der Waals surface area contributed by atoms with Crippen LogP contribution in [0, 0.1) is 0 Å². The fourth-order valence-electron chi connectivity index (χ4n) is 3.56. The lowest BCUT2D eigenvalue weighted by Crippen LogP contribution is -2.50. The number of hydrogen-bond acceptors (Lipinski definition) is 7. The number of nitrogens with one attached hydrogen (secondary N) is 1. The maximum Gasteiger partial charge on any atom is 0.247 e. The molecule has 1 amide bonds. The molecule has 3 aromatic rings. The summed E-state index contributed by atoms with van der Waals surface area (Å²) in [6, 6.07) is 11.1. The van der Waals surface area contributed by atoms with E-state index in [9.17, 15) is 13.2 Å². The molecule has 0 spiro atoms. The average molecular weight is 460 g/mol. The second kappa shape index (κ2) is 8.66. The predicted octanol–water partition coefficient (Wildman–Crippen LogP) is 2.91. The molecule has 2 heterocycles. The standard InChI is InChI=1S/C21H21N3O5S2/c1-28-16-7-8-18(29-2)19(12-16)31(26,27)24-13-15-6-4-3-5-14(15)11-17(24)20(25)23-21-22-9-10-30-21/h3-10,12,17H,11,13H2,1-2H3,(H,22,23,25)/t17-/m1/s1. The van der Waals surface area contributed by atoms with E-state index < -0.39 is 22.0 Å². The number of aromatic nitrogens is 1. The molecule has 0 fully saturated rings. The van der Waals surface area contributed by atoms with Gasteiger partial charge in [-0.2, -0.15) is 4.31 Å². The summed E-state index contributed by atoms with van der Waals surface area (Å²) in [6.45, 7) is 0.0643. The van der Waals surface area contributed by atoms with Crippen LogP contribution in [0.15, 0.2) is 58.9 Å². The Morgan fingerprint density at radius 2 is 1.94 bits per heavy atom. The number of sulfonamides is 1. The van der Waals surface area contributed by atoms with Gasteiger partial charge >= 0.3 is 0 Å². The first-order chi connectivity index (χ1) is 14.9. The molecule has 0 bridgehead atoms. The van der Waals surface area contributed by atoms with Crippen molar-refractivity contribution in [3.8, 4) is 11.5 Å². The Morgan fingerprint density at radius 3 is 2.61 bits per heavy atom. The van der Waals surface area contributed by atoms with Crippen molar-refractivity contribution in [3.05, 3.63) is 65.2 Å². The maximum atomic E-state index is 13.8. The van der Waals surface area contributed by atoms with Crippen molar-refractivity contribution in [2.45, 2.75) is 23.9 Å². The molecule has 10 heteroatoms. The van der Waals surface area contributed by atoms with Gasteiger partial charge in [-0.25, -0.2) is 13.4 Å². The Balaban J connectivity index is 1.78. The van der Waals surface area contributed by atoms with Crippen molar-refractivity contribution in [2.24, 2.45) is 0 Å². The summed E-state index contributed by atoms with van der Waals surface area (Å²) < 4.78 is 39.3. The summed E-state index contributed by atoms with van der Waals surface area (Å²) in [6.07, 6.45) is 1.82. The number of fused-ring (bicyclic) bond motifs is 1. The zero-order chi connectivity index (χ0) is 22.0. The largest absolute Gasteiger partial charge is 0.497 e. The van der Waals surface area contributed by atoms with Crippen LogP contribution in [-0.2, 0) is 27.8 Å². The van der Waals surface area contributed by atoms with Crippen molar-refractivity contribution in [2.75, 3.05) is 19.5 Å². The Hall–Kier alpha value is -2.95. The third-order valence-electron chi connectivity index (χ3n) is 5.13. The summed E-state index contributed by atoms with van der Waals surface area (Å²) in [4.78, 5) is 17.2. The monoisotopic (exact) mass is 459 g/mol. The van der Waals surface area contributed by atoms with Crippen molar-refractivity contribution in [3.63, 3.8) is 0 Å². The predicted molar refractivity (Wildman–Crippen MR) is 117 cm³/mol. The zero-order valence-corrected chi connectivity index (χ0v) is 18.6. The van der Waals surface area contributed by atoms with Crippen LogP contribution in [-0.4, -0.2) is 43.9 Å². The van der Waals surface area contributed by atoms with E-state index in [0.717, 1.165) is 11.1 Å². The number of carbonyl (C=O) groups is 1. The molecule has 0 saturated carbocycles. The molecule has 1 N–H and O–H groups in total. The molecule has 4 rings (SSSR count). The highest BCUT2D eigenvalue weighted by Crippen LogP contribution is 2.35. The number of nitrogens with zero attached hydrogens (tertiary/aromatic N) is 2. The molecule has 1 aromatic heterocycles. The first-order valence-electron chi connectivity index (χ1n) is 9.45. The van der Waals surface area contributed by atoms with E-state index in [4.69, 9.17) is 9.47 Å².